The van der Waals surface area contributed by atoms with Gasteiger partial charge in [-0.3, -0.25) is 0 Å². The second-order valence-corrected chi connectivity index (χ2v) is 8.67. The zero-order chi connectivity index (χ0) is 14.4. The van der Waals surface area contributed by atoms with E-state index in [1.54, 1.807) is 0 Å². The lowest BCUT2D eigenvalue weighted by Crippen LogP contribution is -2.30. The fourth-order valence-corrected chi connectivity index (χ4v) is 3.91. The van der Waals surface area contributed by atoms with E-state index in [-0.39, 0.29) is 11.0 Å². The smallest absolute Gasteiger partial charge is 0.127 e. The Morgan fingerprint density at radius 3 is 2.21 bits per heavy atom. The molecule has 0 radical (unpaired) electrons. The van der Waals surface area contributed by atoms with Crippen LogP contribution in [0.2, 0.25) is 0 Å². The van der Waals surface area contributed by atoms with Crippen LogP contribution in [0.5, 0.6) is 0 Å². The minimum atomic E-state index is -0.0241. The Bertz CT molecular complexity index is 457. The van der Waals surface area contributed by atoms with Gasteiger partial charge in [-0.05, 0) is 32.9 Å². The Labute approximate surface area is 121 Å². The highest BCUT2D eigenvalue weighted by Gasteiger charge is 2.33. The summed E-state index contributed by atoms with van der Waals surface area (Å²) in [7, 11) is 0. The van der Waals surface area contributed by atoms with Crippen LogP contribution in [-0.4, -0.2) is 21.1 Å². The molecule has 0 saturated carbocycles. The number of hydrogen-bond donors (Lipinski definition) is 1. The van der Waals surface area contributed by atoms with Gasteiger partial charge in [0, 0.05) is 22.6 Å². The lowest BCUT2D eigenvalue weighted by atomic mass is 9.94. The van der Waals surface area contributed by atoms with Crippen molar-refractivity contribution in [1.82, 2.24) is 9.55 Å². The van der Waals surface area contributed by atoms with Gasteiger partial charge in [-0.25, -0.2) is 4.98 Å². The van der Waals surface area contributed by atoms with Crippen LogP contribution in [-0.2, 0) is 11.0 Å². The Kier molecular flexibility index (Phi) is 3.67. The SMILES string of the molecule is CC(C)(C)c1nc(C2CCSC2)c(N)n1C(C)(C)C. The molecule has 1 saturated heterocycles. The fraction of sp³-hybridized carbons (Fsp3) is 0.800. The van der Waals surface area contributed by atoms with Crippen LogP contribution >= 0.6 is 11.8 Å². The fourth-order valence-electron chi connectivity index (χ4n) is 2.68. The van der Waals surface area contributed by atoms with Gasteiger partial charge >= 0.3 is 0 Å². The van der Waals surface area contributed by atoms with Crippen molar-refractivity contribution in [2.75, 3.05) is 17.2 Å². The molecule has 0 aliphatic carbocycles. The topological polar surface area (TPSA) is 43.8 Å². The highest BCUT2D eigenvalue weighted by molar-refractivity contribution is 7.99. The standard InChI is InChI=1S/C15H27N3S/c1-14(2,3)13-17-11(10-7-8-19-9-10)12(16)18(13)15(4,5)6/h10H,7-9,16H2,1-6H3. The number of hydrogen-bond acceptors (Lipinski definition) is 3. The molecule has 1 aliphatic rings. The molecule has 2 rings (SSSR count). The number of imidazole rings is 1. The first-order chi connectivity index (χ1) is 8.62. The molecule has 1 atom stereocenters. The first-order valence-electron chi connectivity index (χ1n) is 7.09. The maximum atomic E-state index is 6.46. The molecule has 1 aliphatic heterocycles. The van der Waals surface area contributed by atoms with Crippen molar-refractivity contribution >= 4 is 17.6 Å². The van der Waals surface area contributed by atoms with E-state index < -0.39 is 0 Å². The Hall–Kier alpha value is -0.640. The van der Waals surface area contributed by atoms with Crippen LogP contribution in [0.4, 0.5) is 5.82 Å². The monoisotopic (exact) mass is 281 g/mol. The normalized spacial score (nSPS) is 21.1. The van der Waals surface area contributed by atoms with Gasteiger partial charge in [0.1, 0.15) is 11.6 Å². The number of rotatable bonds is 1. The van der Waals surface area contributed by atoms with Crippen molar-refractivity contribution in [3.05, 3.63) is 11.5 Å². The molecular weight excluding hydrogens is 254 g/mol. The number of aromatic nitrogens is 2. The first kappa shape index (κ1) is 14.8. The summed E-state index contributed by atoms with van der Waals surface area (Å²) in [6, 6.07) is 0. The van der Waals surface area contributed by atoms with Crippen LogP contribution in [0.15, 0.2) is 0 Å². The zero-order valence-corrected chi connectivity index (χ0v) is 13.9. The van der Waals surface area contributed by atoms with Crippen molar-refractivity contribution in [2.24, 2.45) is 0 Å². The predicted octanol–water partition coefficient (Wildman–Crippen LogP) is 3.74. The maximum absolute atomic E-state index is 6.46. The van der Waals surface area contributed by atoms with Gasteiger partial charge in [0.15, 0.2) is 0 Å². The zero-order valence-electron chi connectivity index (χ0n) is 13.1. The van der Waals surface area contributed by atoms with Crippen LogP contribution < -0.4 is 5.73 Å². The molecule has 0 amide bonds. The number of anilines is 1. The summed E-state index contributed by atoms with van der Waals surface area (Å²) < 4.78 is 2.24. The Balaban J connectivity index is 2.57. The molecule has 1 aromatic heterocycles. The molecule has 4 heteroatoms. The van der Waals surface area contributed by atoms with Gasteiger partial charge in [0.05, 0.1) is 5.69 Å². The van der Waals surface area contributed by atoms with Crippen LogP contribution in [0.3, 0.4) is 0 Å². The van der Waals surface area contributed by atoms with E-state index in [1.165, 1.54) is 12.2 Å². The van der Waals surface area contributed by atoms with E-state index in [0.717, 1.165) is 23.1 Å². The van der Waals surface area contributed by atoms with Crippen LogP contribution in [0.25, 0.3) is 0 Å². The molecule has 1 aromatic rings. The average Bonchev–Trinajstić information content (AvgIpc) is 2.80. The van der Waals surface area contributed by atoms with Crippen LogP contribution in [0.1, 0.15) is 65.4 Å². The quantitative estimate of drug-likeness (QED) is 0.853. The number of nitrogen functional groups attached to an aromatic ring is 1. The summed E-state index contributed by atoms with van der Waals surface area (Å²) in [5, 5.41) is 0. The number of nitrogens with zero attached hydrogens (tertiary/aromatic N) is 2. The van der Waals surface area contributed by atoms with Gasteiger partial charge in [-0.2, -0.15) is 11.8 Å². The second-order valence-electron chi connectivity index (χ2n) is 7.52. The van der Waals surface area contributed by atoms with Gasteiger partial charge < -0.3 is 10.3 Å². The summed E-state index contributed by atoms with van der Waals surface area (Å²) in [6.07, 6.45) is 1.21. The summed E-state index contributed by atoms with van der Waals surface area (Å²) in [5.41, 5.74) is 7.58. The molecule has 0 bridgehead atoms. The van der Waals surface area contributed by atoms with Gasteiger partial charge in [0.25, 0.3) is 0 Å². The Morgan fingerprint density at radius 2 is 1.84 bits per heavy atom. The van der Waals surface area contributed by atoms with E-state index in [2.05, 4.69) is 46.1 Å². The van der Waals surface area contributed by atoms with Crippen molar-refractivity contribution in [2.45, 2.75) is 64.8 Å². The van der Waals surface area contributed by atoms with E-state index in [1.807, 2.05) is 11.8 Å². The summed E-state index contributed by atoms with van der Waals surface area (Å²) in [6.45, 7) is 13.2. The van der Waals surface area contributed by atoms with Crippen LogP contribution in [0, 0.1) is 0 Å². The molecule has 19 heavy (non-hydrogen) atoms. The van der Waals surface area contributed by atoms with E-state index in [9.17, 15) is 0 Å². The first-order valence-corrected chi connectivity index (χ1v) is 8.24. The largest absolute Gasteiger partial charge is 0.384 e. The van der Waals surface area contributed by atoms with E-state index in [0.29, 0.717) is 5.92 Å². The van der Waals surface area contributed by atoms with E-state index >= 15 is 0 Å². The molecule has 2 N–H and O–H groups in total. The number of nitrogens with two attached hydrogens (primary N) is 1. The molecule has 108 valence electrons. The highest BCUT2D eigenvalue weighted by Crippen LogP contribution is 2.39. The maximum Gasteiger partial charge on any atom is 0.127 e. The minimum Gasteiger partial charge on any atom is -0.384 e. The van der Waals surface area contributed by atoms with Crippen molar-refractivity contribution in [3.8, 4) is 0 Å². The molecule has 0 aromatic carbocycles. The average molecular weight is 281 g/mol. The van der Waals surface area contributed by atoms with Gasteiger partial charge in [0.2, 0.25) is 0 Å². The molecule has 1 fully saturated rings. The highest BCUT2D eigenvalue weighted by atomic mass is 32.2. The van der Waals surface area contributed by atoms with Gasteiger partial charge in [-0.1, -0.05) is 20.8 Å². The summed E-state index contributed by atoms with van der Waals surface area (Å²) >= 11 is 2.01. The third-order valence-corrected chi connectivity index (χ3v) is 4.76. The van der Waals surface area contributed by atoms with E-state index in [4.69, 9.17) is 10.7 Å². The van der Waals surface area contributed by atoms with Gasteiger partial charge in [-0.15, -0.1) is 0 Å². The Morgan fingerprint density at radius 1 is 1.21 bits per heavy atom. The second kappa shape index (κ2) is 4.72. The molecule has 0 spiro atoms. The number of thioether (sulfide) groups is 1. The molecule has 2 heterocycles. The summed E-state index contributed by atoms with van der Waals surface area (Å²) in [5.74, 6) is 4.93. The van der Waals surface area contributed by atoms with Crippen molar-refractivity contribution < 1.29 is 0 Å². The molecule has 1 unspecified atom stereocenters. The third-order valence-electron chi connectivity index (χ3n) is 3.60. The summed E-state index contributed by atoms with van der Waals surface area (Å²) in [4.78, 5) is 4.95. The lowest BCUT2D eigenvalue weighted by Gasteiger charge is -2.29. The molecule has 3 nitrogen and oxygen atoms in total. The third kappa shape index (κ3) is 2.78. The molecular formula is C15H27N3S. The van der Waals surface area contributed by atoms with Crippen molar-refractivity contribution in [3.63, 3.8) is 0 Å². The minimum absolute atomic E-state index is 0.0192. The lowest BCUT2D eigenvalue weighted by molar-refractivity contribution is 0.359. The predicted molar refractivity (Wildman–Crippen MR) is 85.0 cm³/mol. The van der Waals surface area contributed by atoms with Crippen molar-refractivity contribution in [1.29, 1.82) is 0 Å².